The molecular formula is C25H20F3N3O2. The van der Waals surface area contributed by atoms with Crippen molar-refractivity contribution in [3.63, 3.8) is 0 Å². The van der Waals surface area contributed by atoms with Crippen LogP contribution in [-0.4, -0.2) is 21.8 Å². The number of hydrogen-bond donors (Lipinski definition) is 1. The van der Waals surface area contributed by atoms with Gasteiger partial charge in [-0.25, -0.2) is 4.98 Å². The highest BCUT2D eigenvalue weighted by molar-refractivity contribution is 6.00. The number of aromatic nitrogens is 2. The van der Waals surface area contributed by atoms with Crippen LogP contribution in [0.5, 0.6) is 5.75 Å². The summed E-state index contributed by atoms with van der Waals surface area (Å²) in [6.45, 7) is 0.574. The number of ether oxygens (including phenoxy) is 1. The molecule has 0 aliphatic carbocycles. The number of para-hydroxylation sites is 1. The minimum Gasteiger partial charge on any atom is -0.405 e. The van der Waals surface area contributed by atoms with Gasteiger partial charge in [0.1, 0.15) is 5.75 Å². The van der Waals surface area contributed by atoms with Gasteiger partial charge in [-0.3, -0.25) is 4.79 Å². The summed E-state index contributed by atoms with van der Waals surface area (Å²) in [6, 6.07) is 20.6. The zero-order chi connectivity index (χ0) is 23.3. The molecule has 0 radical (unpaired) electrons. The van der Waals surface area contributed by atoms with Crippen molar-refractivity contribution in [2.24, 2.45) is 0 Å². The van der Waals surface area contributed by atoms with Gasteiger partial charge < -0.3 is 14.6 Å². The lowest BCUT2D eigenvalue weighted by Gasteiger charge is -2.14. The van der Waals surface area contributed by atoms with Gasteiger partial charge in [0, 0.05) is 36.6 Å². The predicted octanol–water partition coefficient (Wildman–Crippen LogP) is 5.43. The van der Waals surface area contributed by atoms with Crippen molar-refractivity contribution < 1.29 is 22.7 Å². The fourth-order valence-corrected chi connectivity index (χ4v) is 3.46. The Labute approximate surface area is 188 Å². The first-order valence-corrected chi connectivity index (χ1v) is 10.1. The van der Waals surface area contributed by atoms with E-state index in [1.54, 1.807) is 30.7 Å². The molecule has 0 saturated carbocycles. The number of benzene rings is 3. The first-order valence-electron chi connectivity index (χ1n) is 10.1. The molecule has 1 heterocycles. The van der Waals surface area contributed by atoms with Crippen molar-refractivity contribution in [2.75, 3.05) is 0 Å². The molecular weight excluding hydrogens is 431 g/mol. The van der Waals surface area contributed by atoms with Gasteiger partial charge in [0.2, 0.25) is 0 Å². The fourth-order valence-electron chi connectivity index (χ4n) is 3.46. The van der Waals surface area contributed by atoms with Crippen LogP contribution in [0.3, 0.4) is 0 Å². The van der Waals surface area contributed by atoms with Crippen LogP contribution in [0.15, 0.2) is 91.5 Å². The molecule has 0 atom stereocenters. The van der Waals surface area contributed by atoms with E-state index in [-0.39, 0.29) is 17.9 Å². The molecule has 1 amide bonds. The van der Waals surface area contributed by atoms with E-state index < -0.39 is 12.3 Å². The lowest BCUT2D eigenvalue weighted by atomic mass is 9.98. The Kier molecular flexibility index (Phi) is 6.44. The summed E-state index contributed by atoms with van der Waals surface area (Å²) in [4.78, 5) is 16.9. The van der Waals surface area contributed by atoms with Crippen LogP contribution >= 0.6 is 0 Å². The van der Waals surface area contributed by atoms with Crippen LogP contribution in [0.4, 0.5) is 13.2 Å². The largest absolute Gasteiger partial charge is 0.573 e. The first kappa shape index (κ1) is 22.1. The van der Waals surface area contributed by atoms with E-state index >= 15 is 0 Å². The Hall–Kier alpha value is -4.07. The number of nitrogens with zero attached hydrogens (tertiary/aromatic N) is 2. The highest BCUT2D eigenvalue weighted by Crippen LogP contribution is 2.27. The summed E-state index contributed by atoms with van der Waals surface area (Å²) in [5, 5.41) is 2.70. The molecule has 0 bridgehead atoms. The summed E-state index contributed by atoms with van der Waals surface area (Å²) >= 11 is 0. The van der Waals surface area contributed by atoms with Crippen molar-refractivity contribution in [1.29, 1.82) is 0 Å². The zero-order valence-electron chi connectivity index (χ0n) is 17.4. The molecule has 0 aliphatic rings. The third-order valence-electron chi connectivity index (χ3n) is 5.00. The van der Waals surface area contributed by atoms with E-state index in [1.807, 2.05) is 47.2 Å². The van der Waals surface area contributed by atoms with Gasteiger partial charge in [0.15, 0.2) is 0 Å². The molecule has 5 nitrogen and oxygen atoms in total. The minimum absolute atomic E-state index is 0.108. The topological polar surface area (TPSA) is 56.1 Å². The maximum Gasteiger partial charge on any atom is 0.573 e. The average Bonchev–Trinajstić information content (AvgIpc) is 3.31. The van der Waals surface area contributed by atoms with Crippen LogP contribution in [0, 0.1) is 0 Å². The van der Waals surface area contributed by atoms with Crippen LogP contribution in [0.2, 0.25) is 0 Å². The molecule has 3 aromatic carbocycles. The molecule has 1 N–H and O–H groups in total. The highest BCUT2D eigenvalue weighted by Gasteiger charge is 2.32. The summed E-state index contributed by atoms with van der Waals surface area (Å²) in [6.07, 6.45) is 0.532. The van der Waals surface area contributed by atoms with Crippen LogP contribution in [0.25, 0.3) is 11.1 Å². The van der Waals surface area contributed by atoms with Crippen LogP contribution in [-0.2, 0) is 13.1 Å². The van der Waals surface area contributed by atoms with Crippen molar-refractivity contribution in [1.82, 2.24) is 14.9 Å². The number of alkyl halides is 3. The summed E-state index contributed by atoms with van der Waals surface area (Å²) < 4.78 is 43.9. The quantitative estimate of drug-likeness (QED) is 0.408. The number of nitrogens with one attached hydrogen (secondary N) is 1. The Morgan fingerprint density at radius 2 is 1.70 bits per heavy atom. The maximum absolute atomic E-state index is 12.9. The third kappa shape index (κ3) is 5.79. The second kappa shape index (κ2) is 9.60. The molecule has 0 saturated heterocycles. The molecule has 168 valence electrons. The molecule has 4 aromatic rings. The van der Waals surface area contributed by atoms with Gasteiger partial charge in [-0.05, 0) is 28.8 Å². The molecule has 0 unspecified atom stereocenters. The zero-order valence-corrected chi connectivity index (χ0v) is 17.4. The van der Waals surface area contributed by atoms with Gasteiger partial charge in [-0.15, -0.1) is 13.2 Å². The highest BCUT2D eigenvalue weighted by atomic mass is 19.4. The SMILES string of the molecule is O=C(NCc1ccccc1OC(F)(F)F)c1ccccc1-c1ccc(Cn2ccnc2)cc1. The predicted molar refractivity (Wildman–Crippen MR) is 118 cm³/mol. The standard InChI is InChI=1S/C25H20F3N3O2/c26-25(27,28)33-23-8-4-1-5-20(23)15-30-24(32)22-7-3-2-6-21(22)19-11-9-18(10-12-19)16-31-14-13-29-17-31/h1-14,17H,15-16H2,(H,30,32). The number of hydrogen-bond acceptors (Lipinski definition) is 3. The van der Waals surface area contributed by atoms with Crippen molar-refractivity contribution in [2.45, 2.75) is 19.5 Å². The molecule has 8 heteroatoms. The van der Waals surface area contributed by atoms with E-state index in [0.717, 1.165) is 16.7 Å². The number of amides is 1. The van der Waals surface area contributed by atoms with E-state index in [4.69, 9.17) is 0 Å². The number of carbonyl (C=O) groups is 1. The van der Waals surface area contributed by atoms with E-state index in [2.05, 4.69) is 15.0 Å². The van der Waals surface area contributed by atoms with Crippen molar-refractivity contribution >= 4 is 5.91 Å². The Morgan fingerprint density at radius 3 is 2.42 bits per heavy atom. The number of imidazole rings is 1. The number of carbonyl (C=O) groups excluding carboxylic acids is 1. The number of halogens is 3. The fraction of sp³-hybridized carbons (Fsp3) is 0.120. The molecule has 1 aromatic heterocycles. The summed E-state index contributed by atoms with van der Waals surface area (Å²) in [5.74, 6) is -0.734. The van der Waals surface area contributed by atoms with E-state index in [1.165, 1.54) is 18.2 Å². The normalized spacial score (nSPS) is 11.2. The second-order valence-corrected chi connectivity index (χ2v) is 7.32. The van der Waals surface area contributed by atoms with Crippen molar-refractivity contribution in [3.05, 3.63) is 108 Å². The Bertz CT molecular complexity index is 1220. The summed E-state index contributed by atoms with van der Waals surface area (Å²) in [5.41, 5.74) is 3.32. The van der Waals surface area contributed by atoms with Crippen molar-refractivity contribution in [3.8, 4) is 16.9 Å². The van der Waals surface area contributed by atoms with E-state index in [0.29, 0.717) is 12.1 Å². The smallest absolute Gasteiger partial charge is 0.405 e. The number of rotatable bonds is 7. The Balaban J connectivity index is 1.49. The lowest BCUT2D eigenvalue weighted by molar-refractivity contribution is -0.274. The van der Waals surface area contributed by atoms with Gasteiger partial charge in [-0.1, -0.05) is 60.7 Å². The molecule has 4 rings (SSSR count). The molecule has 0 fully saturated rings. The maximum atomic E-state index is 12.9. The lowest BCUT2D eigenvalue weighted by Crippen LogP contribution is -2.25. The molecule has 0 aliphatic heterocycles. The molecule has 0 spiro atoms. The average molecular weight is 451 g/mol. The summed E-state index contributed by atoms with van der Waals surface area (Å²) in [7, 11) is 0. The van der Waals surface area contributed by atoms with Gasteiger partial charge in [-0.2, -0.15) is 0 Å². The van der Waals surface area contributed by atoms with Crippen LogP contribution < -0.4 is 10.1 Å². The van der Waals surface area contributed by atoms with Gasteiger partial charge >= 0.3 is 6.36 Å². The minimum atomic E-state index is -4.81. The van der Waals surface area contributed by atoms with Gasteiger partial charge in [0.05, 0.1) is 6.33 Å². The second-order valence-electron chi connectivity index (χ2n) is 7.32. The molecule has 33 heavy (non-hydrogen) atoms. The van der Waals surface area contributed by atoms with E-state index in [9.17, 15) is 18.0 Å². The Morgan fingerprint density at radius 1 is 0.970 bits per heavy atom. The van der Waals surface area contributed by atoms with Gasteiger partial charge in [0.25, 0.3) is 5.91 Å². The van der Waals surface area contributed by atoms with Crippen LogP contribution in [0.1, 0.15) is 21.5 Å². The third-order valence-corrected chi connectivity index (χ3v) is 5.00. The first-order chi connectivity index (χ1) is 15.9. The monoisotopic (exact) mass is 451 g/mol.